The number of aromatic nitrogens is 5. The van der Waals surface area contributed by atoms with Crippen LogP contribution in [0.4, 0.5) is 5.13 Å². The first-order valence-corrected chi connectivity index (χ1v) is 23.8. The topological polar surface area (TPSA) is 166 Å². The largest absolute Gasteiger partial charge is 0.444 e. The van der Waals surface area contributed by atoms with Crippen molar-refractivity contribution in [2.24, 2.45) is 5.92 Å². The van der Waals surface area contributed by atoms with Gasteiger partial charge in [0.05, 0.1) is 34.6 Å². The first-order valence-electron chi connectivity index (χ1n) is 21.2. The van der Waals surface area contributed by atoms with E-state index < -0.39 is 0 Å². The van der Waals surface area contributed by atoms with Crippen LogP contribution in [-0.2, 0) is 32.1 Å². The number of benzene rings is 1. The SMILES string of the molecule is CCCC(c1ccc(-c2cnn(CC(=O)N3CCC(N4CCC(C(=O)Nc5ncc(SCc6ncc(C(C)(C)C)o6)s5)CC4)CC3)c2)cc1)N(C)C(=O)/C(C#N)=C/c1nccs1. The van der Waals surface area contributed by atoms with Gasteiger partial charge in [0.2, 0.25) is 17.7 Å². The van der Waals surface area contributed by atoms with Gasteiger partial charge in [-0.15, -0.1) is 23.1 Å². The highest BCUT2D eigenvalue weighted by Gasteiger charge is 2.32. The molecule has 0 bridgehead atoms. The van der Waals surface area contributed by atoms with Gasteiger partial charge in [-0.25, -0.2) is 15.0 Å². The molecule has 5 aromatic rings. The Balaban J connectivity index is 0.834. The smallest absolute Gasteiger partial charge is 0.264 e. The number of hydrogen-bond acceptors (Lipinski definition) is 13. The first-order chi connectivity index (χ1) is 29.9. The third-order valence-electron chi connectivity index (χ3n) is 11.6. The van der Waals surface area contributed by atoms with Crippen molar-refractivity contribution in [1.82, 2.24) is 39.4 Å². The minimum atomic E-state index is -0.338. The Hall–Kier alpha value is -5.15. The Kier molecular flexibility index (Phi) is 14.7. The summed E-state index contributed by atoms with van der Waals surface area (Å²) in [6.07, 6.45) is 15.5. The number of oxazole rings is 1. The van der Waals surface area contributed by atoms with Crippen LogP contribution in [-0.4, -0.2) is 96.4 Å². The molecule has 4 aromatic heterocycles. The fourth-order valence-electron chi connectivity index (χ4n) is 7.95. The van der Waals surface area contributed by atoms with Crippen molar-refractivity contribution < 1.29 is 18.8 Å². The van der Waals surface area contributed by atoms with E-state index in [0.717, 1.165) is 78.3 Å². The van der Waals surface area contributed by atoms with Gasteiger partial charge in [-0.3, -0.25) is 19.1 Å². The van der Waals surface area contributed by atoms with Crippen molar-refractivity contribution in [3.05, 3.63) is 88.4 Å². The quantitative estimate of drug-likeness (QED) is 0.0611. The number of nitriles is 1. The summed E-state index contributed by atoms with van der Waals surface area (Å²) in [6.45, 7) is 11.7. The molecule has 0 aliphatic carbocycles. The predicted octanol–water partition coefficient (Wildman–Crippen LogP) is 8.29. The van der Waals surface area contributed by atoms with Gasteiger partial charge in [-0.2, -0.15) is 10.4 Å². The van der Waals surface area contributed by atoms with Crippen LogP contribution in [0.1, 0.15) is 94.5 Å². The Morgan fingerprint density at radius 2 is 1.79 bits per heavy atom. The predicted molar refractivity (Wildman–Crippen MR) is 243 cm³/mol. The summed E-state index contributed by atoms with van der Waals surface area (Å²) in [7, 11) is 1.74. The Morgan fingerprint density at radius 3 is 2.45 bits per heavy atom. The zero-order valence-electron chi connectivity index (χ0n) is 36.0. The molecule has 0 radical (unpaired) electrons. The highest BCUT2D eigenvalue weighted by Crippen LogP contribution is 2.33. The Bertz CT molecular complexity index is 2360. The van der Waals surface area contributed by atoms with Crippen molar-refractivity contribution in [3.8, 4) is 17.2 Å². The molecule has 14 nitrogen and oxygen atoms in total. The van der Waals surface area contributed by atoms with Crippen molar-refractivity contribution >= 4 is 63.4 Å². The average Bonchev–Trinajstić information content (AvgIpc) is 4.13. The van der Waals surface area contributed by atoms with Gasteiger partial charge in [-0.05, 0) is 62.4 Å². The van der Waals surface area contributed by atoms with Crippen molar-refractivity contribution in [1.29, 1.82) is 5.26 Å². The van der Waals surface area contributed by atoms with E-state index in [-0.39, 0.29) is 47.2 Å². The van der Waals surface area contributed by atoms with E-state index in [4.69, 9.17) is 4.42 Å². The summed E-state index contributed by atoms with van der Waals surface area (Å²) in [5, 5.41) is 20.3. The molecule has 2 saturated heterocycles. The second-order valence-electron chi connectivity index (χ2n) is 16.9. The van der Waals surface area contributed by atoms with Crippen LogP contribution >= 0.6 is 34.4 Å². The summed E-state index contributed by atoms with van der Waals surface area (Å²) < 4.78 is 8.60. The normalized spacial score (nSPS) is 16.3. The number of carbonyl (C=O) groups is 3. The highest BCUT2D eigenvalue weighted by atomic mass is 32.2. The lowest BCUT2D eigenvalue weighted by Gasteiger charge is -2.41. The molecule has 2 aliphatic rings. The summed E-state index contributed by atoms with van der Waals surface area (Å²) in [6, 6.07) is 10.3. The Labute approximate surface area is 375 Å². The fraction of sp³-hybridized carbons (Fsp3) is 0.467. The van der Waals surface area contributed by atoms with Crippen LogP contribution in [0.5, 0.6) is 0 Å². The van der Waals surface area contributed by atoms with Crippen molar-refractivity contribution in [2.75, 3.05) is 38.5 Å². The van der Waals surface area contributed by atoms with E-state index in [2.05, 4.69) is 64.0 Å². The van der Waals surface area contributed by atoms with Crippen LogP contribution in [0.15, 0.2) is 74.8 Å². The van der Waals surface area contributed by atoms with E-state index in [0.29, 0.717) is 40.9 Å². The number of likely N-dealkylation sites (N-methyl/N-ethyl adjacent to an activating group) is 1. The number of hydrogen-bond donors (Lipinski definition) is 1. The van der Waals surface area contributed by atoms with Crippen LogP contribution in [0.3, 0.4) is 0 Å². The number of nitrogens with one attached hydrogen (secondary N) is 1. The molecule has 326 valence electrons. The lowest BCUT2D eigenvalue weighted by Crippen LogP contribution is -2.50. The van der Waals surface area contributed by atoms with Crippen molar-refractivity contribution in [3.63, 3.8) is 0 Å². The van der Waals surface area contributed by atoms with Gasteiger partial charge in [0, 0.05) is 60.8 Å². The molecule has 0 saturated carbocycles. The second-order valence-corrected chi connectivity index (χ2v) is 20.1. The summed E-state index contributed by atoms with van der Waals surface area (Å²) >= 11 is 4.45. The molecular formula is C45H54N10O4S3. The molecule has 7 rings (SSSR count). The van der Waals surface area contributed by atoms with Gasteiger partial charge >= 0.3 is 0 Å². The summed E-state index contributed by atoms with van der Waals surface area (Å²) in [4.78, 5) is 59.0. The van der Waals surface area contributed by atoms with Gasteiger partial charge in [0.1, 0.15) is 29.0 Å². The monoisotopic (exact) mass is 894 g/mol. The lowest BCUT2D eigenvalue weighted by atomic mass is 9.93. The molecule has 2 aliphatic heterocycles. The van der Waals surface area contributed by atoms with Crippen molar-refractivity contribution in [2.45, 2.75) is 100 Å². The Morgan fingerprint density at radius 1 is 1.03 bits per heavy atom. The molecule has 1 unspecified atom stereocenters. The zero-order valence-corrected chi connectivity index (χ0v) is 38.4. The zero-order chi connectivity index (χ0) is 43.8. The van der Waals surface area contributed by atoms with Gasteiger partial charge in [0.15, 0.2) is 5.13 Å². The molecule has 0 spiro atoms. The number of rotatable bonds is 15. The van der Waals surface area contributed by atoms with Crippen LogP contribution in [0, 0.1) is 17.2 Å². The number of likely N-dealkylation sites (tertiary alicyclic amines) is 2. The number of nitrogens with zero attached hydrogens (tertiary/aromatic N) is 9. The third kappa shape index (κ3) is 11.3. The number of carbonyl (C=O) groups excluding carboxylic acids is 3. The van der Waals surface area contributed by atoms with Crippen LogP contribution < -0.4 is 5.32 Å². The van der Waals surface area contributed by atoms with E-state index in [9.17, 15) is 19.6 Å². The summed E-state index contributed by atoms with van der Waals surface area (Å²) in [5.74, 6) is 1.84. The highest BCUT2D eigenvalue weighted by molar-refractivity contribution is 8.00. The van der Waals surface area contributed by atoms with Gasteiger partial charge in [-0.1, -0.05) is 69.7 Å². The van der Waals surface area contributed by atoms with Crippen LogP contribution in [0.25, 0.3) is 17.2 Å². The average molecular weight is 895 g/mol. The van der Waals surface area contributed by atoms with Gasteiger partial charge < -0.3 is 24.4 Å². The van der Waals surface area contributed by atoms with E-state index in [1.54, 1.807) is 59.3 Å². The summed E-state index contributed by atoms with van der Waals surface area (Å²) in [5.41, 5.74) is 2.81. The molecular weight excluding hydrogens is 841 g/mol. The molecule has 1 atom stereocenters. The van der Waals surface area contributed by atoms with E-state index in [1.165, 1.54) is 22.7 Å². The standard InChI is InChI=1S/C45H54N10O4S3/c1-6-7-36(52(5)43(58)33(23-46)22-39-47-16-21-60-39)31-10-8-30(9-11-31)34-24-50-55(27-34)28-40(56)54-19-14-35(15-20-54)53-17-12-32(13-18-53)42(57)51-44-49-26-41(62-44)61-29-38-48-25-37(59-38)45(2,3)4/h8-11,16,21-22,24-27,32,35-36H,6-7,12-15,17-20,28-29H2,1-5H3,(H,49,51,57)/b33-22+. The first kappa shape index (κ1) is 44.9. The number of thiazole rings is 2. The molecule has 17 heteroatoms. The maximum absolute atomic E-state index is 13.4. The van der Waals surface area contributed by atoms with Gasteiger partial charge in [0.25, 0.3) is 5.91 Å². The second kappa shape index (κ2) is 20.4. The molecule has 6 heterocycles. The lowest BCUT2D eigenvalue weighted by molar-refractivity contribution is -0.134. The number of thioether (sulfide) groups is 1. The van der Waals surface area contributed by atoms with Crippen LogP contribution in [0.2, 0.25) is 0 Å². The molecule has 1 aromatic carbocycles. The minimum Gasteiger partial charge on any atom is -0.444 e. The van der Waals surface area contributed by atoms with E-state index >= 15 is 0 Å². The third-order valence-corrected chi connectivity index (χ3v) is 14.4. The molecule has 2 fully saturated rings. The maximum atomic E-state index is 13.4. The maximum Gasteiger partial charge on any atom is 0.264 e. The number of amides is 3. The fourth-order valence-corrected chi connectivity index (χ4v) is 10.2. The van der Waals surface area contributed by atoms with E-state index in [1.807, 2.05) is 40.7 Å². The molecule has 62 heavy (non-hydrogen) atoms. The number of piperidine rings is 2. The molecule has 1 N–H and O–H groups in total. The number of anilines is 1. The molecule has 3 amide bonds. The minimum absolute atomic E-state index is 0.0296.